The van der Waals surface area contributed by atoms with E-state index in [-0.39, 0.29) is 12.3 Å². The fourth-order valence-corrected chi connectivity index (χ4v) is 1.91. The number of urea groups is 1. The Morgan fingerprint density at radius 3 is 3.06 bits per heavy atom. The molecule has 1 aliphatic heterocycles. The van der Waals surface area contributed by atoms with Crippen LogP contribution in [0.1, 0.15) is 18.4 Å². The lowest BCUT2D eigenvalue weighted by Crippen LogP contribution is -2.37. The molecule has 17 heavy (non-hydrogen) atoms. The van der Waals surface area contributed by atoms with E-state index in [2.05, 4.69) is 10.6 Å². The summed E-state index contributed by atoms with van der Waals surface area (Å²) in [5.74, 6) is 0. The van der Waals surface area contributed by atoms with Crippen molar-refractivity contribution < 1.29 is 9.53 Å². The minimum Gasteiger partial charge on any atom is -0.358 e. The Morgan fingerprint density at radius 1 is 1.53 bits per heavy atom. The molecule has 1 fully saturated rings. The second-order valence-electron chi connectivity index (χ2n) is 4.01. The molecule has 4 nitrogen and oxygen atoms in total. The van der Waals surface area contributed by atoms with E-state index in [1.54, 1.807) is 12.1 Å². The van der Waals surface area contributed by atoms with Crippen molar-refractivity contribution >= 4 is 23.3 Å². The van der Waals surface area contributed by atoms with Crippen molar-refractivity contribution in [1.82, 2.24) is 5.32 Å². The van der Waals surface area contributed by atoms with E-state index < -0.39 is 0 Å². The van der Waals surface area contributed by atoms with Crippen LogP contribution in [0.25, 0.3) is 0 Å². The lowest BCUT2D eigenvalue weighted by atomic mass is 10.2. The molecule has 2 N–H and O–H groups in total. The highest BCUT2D eigenvalue weighted by Crippen LogP contribution is 2.22. The van der Waals surface area contributed by atoms with Gasteiger partial charge in [-0.05, 0) is 37.5 Å². The highest BCUT2D eigenvalue weighted by molar-refractivity contribution is 6.31. The maximum absolute atomic E-state index is 11.7. The summed E-state index contributed by atoms with van der Waals surface area (Å²) in [6, 6.07) is 5.15. The number of carbonyl (C=O) groups is 1. The molecule has 1 saturated heterocycles. The van der Waals surface area contributed by atoms with Crippen LogP contribution in [0.3, 0.4) is 0 Å². The van der Waals surface area contributed by atoms with Crippen LogP contribution >= 0.6 is 11.6 Å². The molecule has 1 aromatic rings. The van der Waals surface area contributed by atoms with E-state index in [4.69, 9.17) is 16.3 Å². The summed E-state index contributed by atoms with van der Waals surface area (Å²) in [6.07, 6.45) is 1.68. The first-order valence-corrected chi connectivity index (χ1v) is 5.99. The second kappa shape index (κ2) is 5.38. The highest BCUT2D eigenvalue weighted by atomic mass is 35.5. The molecule has 1 aliphatic rings. The predicted molar refractivity (Wildman–Crippen MR) is 67.3 cm³/mol. The number of ether oxygens (including phenoxy) is 1. The van der Waals surface area contributed by atoms with Crippen LogP contribution in [0.5, 0.6) is 0 Å². The first-order valence-electron chi connectivity index (χ1n) is 5.61. The maximum Gasteiger partial charge on any atom is 0.321 e. The van der Waals surface area contributed by atoms with Gasteiger partial charge in [-0.25, -0.2) is 4.79 Å². The minimum absolute atomic E-state index is 0.172. The Hall–Kier alpha value is -1.26. The van der Waals surface area contributed by atoms with Crippen molar-refractivity contribution in [3.8, 4) is 0 Å². The number of hydrogen-bond donors (Lipinski definition) is 2. The first-order chi connectivity index (χ1) is 8.16. The lowest BCUT2D eigenvalue weighted by Gasteiger charge is -2.14. The molecule has 1 aromatic carbocycles. The number of benzene rings is 1. The van der Waals surface area contributed by atoms with E-state index in [0.717, 1.165) is 18.4 Å². The molecule has 1 atom stereocenters. The van der Waals surface area contributed by atoms with E-state index >= 15 is 0 Å². The molecule has 1 heterocycles. The molecule has 2 amide bonds. The average Bonchev–Trinajstić information content (AvgIpc) is 2.77. The summed E-state index contributed by atoms with van der Waals surface area (Å²) in [5.41, 5.74) is 1.57. The normalized spacial score (nSPS) is 19.1. The number of halogens is 1. The molecule has 1 unspecified atom stereocenters. The van der Waals surface area contributed by atoms with E-state index in [1.807, 2.05) is 13.0 Å². The molecule has 5 heteroatoms. The van der Waals surface area contributed by atoms with Gasteiger partial charge in [-0.3, -0.25) is 0 Å². The van der Waals surface area contributed by atoms with Gasteiger partial charge >= 0.3 is 6.03 Å². The third-order valence-electron chi connectivity index (χ3n) is 2.74. The Labute approximate surface area is 105 Å². The van der Waals surface area contributed by atoms with Gasteiger partial charge in [0.2, 0.25) is 0 Å². The number of amides is 2. The standard InChI is InChI=1S/C12H15ClN2O2/c1-8-9(13)4-2-5-10(8)14-12(16)15-11-6-3-7-17-11/h2,4-5,11H,3,6-7H2,1H3,(H2,14,15,16). The van der Waals surface area contributed by atoms with Crippen LogP contribution < -0.4 is 10.6 Å². The molecular formula is C12H15ClN2O2. The Kier molecular flexibility index (Phi) is 3.86. The zero-order valence-electron chi connectivity index (χ0n) is 9.63. The molecule has 2 rings (SSSR count). The minimum atomic E-state index is -0.262. The van der Waals surface area contributed by atoms with E-state index in [9.17, 15) is 4.79 Å². The summed E-state index contributed by atoms with van der Waals surface area (Å²) in [7, 11) is 0. The Balaban J connectivity index is 1.95. The summed E-state index contributed by atoms with van der Waals surface area (Å²) in [5, 5.41) is 6.16. The fourth-order valence-electron chi connectivity index (χ4n) is 1.74. The molecule has 0 bridgehead atoms. The van der Waals surface area contributed by atoms with Crippen molar-refractivity contribution in [2.45, 2.75) is 26.0 Å². The van der Waals surface area contributed by atoms with Crippen LogP contribution in [0.2, 0.25) is 5.02 Å². The van der Waals surface area contributed by atoms with Gasteiger partial charge in [0.1, 0.15) is 6.23 Å². The molecule has 0 aromatic heterocycles. The van der Waals surface area contributed by atoms with Crippen molar-refractivity contribution in [2.24, 2.45) is 0 Å². The second-order valence-corrected chi connectivity index (χ2v) is 4.42. The molecular weight excluding hydrogens is 240 g/mol. The molecule has 0 spiro atoms. The summed E-state index contributed by atoms with van der Waals surface area (Å²) in [6.45, 7) is 2.57. The van der Waals surface area contributed by atoms with Crippen LogP contribution in [0.4, 0.5) is 10.5 Å². The number of rotatable bonds is 2. The largest absolute Gasteiger partial charge is 0.358 e. The van der Waals surface area contributed by atoms with E-state index in [1.165, 1.54) is 0 Å². The zero-order valence-corrected chi connectivity index (χ0v) is 10.4. The molecule has 0 aliphatic carbocycles. The third-order valence-corrected chi connectivity index (χ3v) is 3.15. The lowest BCUT2D eigenvalue weighted by molar-refractivity contribution is 0.0928. The monoisotopic (exact) mass is 254 g/mol. The summed E-state index contributed by atoms with van der Waals surface area (Å²) < 4.78 is 5.32. The topological polar surface area (TPSA) is 50.4 Å². The smallest absolute Gasteiger partial charge is 0.321 e. The molecule has 0 saturated carbocycles. The van der Waals surface area contributed by atoms with Crippen LogP contribution in [0.15, 0.2) is 18.2 Å². The third kappa shape index (κ3) is 3.11. The van der Waals surface area contributed by atoms with Gasteiger partial charge in [0.15, 0.2) is 0 Å². The van der Waals surface area contributed by atoms with Gasteiger partial charge in [-0.1, -0.05) is 17.7 Å². The summed E-state index contributed by atoms with van der Waals surface area (Å²) in [4.78, 5) is 11.7. The van der Waals surface area contributed by atoms with Gasteiger partial charge in [-0.2, -0.15) is 0 Å². The fraction of sp³-hybridized carbons (Fsp3) is 0.417. The predicted octanol–water partition coefficient (Wildman–Crippen LogP) is 2.91. The van der Waals surface area contributed by atoms with Crippen LogP contribution in [0, 0.1) is 6.92 Å². The van der Waals surface area contributed by atoms with Crippen molar-refractivity contribution in [3.63, 3.8) is 0 Å². The van der Waals surface area contributed by atoms with Gasteiger partial charge < -0.3 is 15.4 Å². The maximum atomic E-state index is 11.7. The van der Waals surface area contributed by atoms with E-state index in [0.29, 0.717) is 17.3 Å². The zero-order chi connectivity index (χ0) is 12.3. The van der Waals surface area contributed by atoms with Crippen molar-refractivity contribution in [1.29, 1.82) is 0 Å². The molecule has 0 radical (unpaired) electrons. The quantitative estimate of drug-likeness (QED) is 0.853. The van der Waals surface area contributed by atoms with Gasteiger partial charge in [0.25, 0.3) is 0 Å². The highest BCUT2D eigenvalue weighted by Gasteiger charge is 2.17. The van der Waals surface area contributed by atoms with Crippen LogP contribution in [-0.4, -0.2) is 18.9 Å². The number of hydrogen-bond acceptors (Lipinski definition) is 2. The summed E-state index contributed by atoms with van der Waals surface area (Å²) >= 11 is 5.97. The molecule has 92 valence electrons. The SMILES string of the molecule is Cc1c(Cl)cccc1NC(=O)NC1CCCO1. The van der Waals surface area contributed by atoms with Crippen molar-refractivity contribution in [3.05, 3.63) is 28.8 Å². The van der Waals surface area contributed by atoms with Crippen molar-refractivity contribution in [2.75, 3.05) is 11.9 Å². The van der Waals surface area contributed by atoms with Gasteiger partial charge in [0, 0.05) is 17.3 Å². The van der Waals surface area contributed by atoms with Crippen LogP contribution in [-0.2, 0) is 4.74 Å². The first kappa shape index (κ1) is 12.2. The average molecular weight is 255 g/mol. The van der Waals surface area contributed by atoms with Gasteiger partial charge in [0.05, 0.1) is 0 Å². The Morgan fingerprint density at radius 2 is 2.35 bits per heavy atom. The number of nitrogens with one attached hydrogen (secondary N) is 2. The van der Waals surface area contributed by atoms with Gasteiger partial charge in [-0.15, -0.1) is 0 Å². The number of anilines is 1. The number of carbonyl (C=O) groups excluding carboxylic acids is 1. The Bertz CT molecular complexity index is 417.